The Labute approximate surface area is 189 Å². The van der Waals surface area contributed by atoms with Crippen LogP contribution in [0.5, 0.6) is 0 Å². The van der Waals surface area contributed by atoms with E-state index in [1.54, 1.807) is 4.68 Å². The Bertz CT molecular complexity index is 510. The molecular weight excluding hydrogens is 372 g/mol. The maximum Gasteiger partial charge on any atom is 0.103 e. The van der Waals surface area contributed by atoms with Gasteiger partial charge >= 0.3 is 0 Å². The quantitative estimate of drug-likeness (QED) is 0.385. The van der Waals surface area contributed by atoms with E-state index in [0.29, 0.717) is 0 Å². The summed E-state index contributed by atoms with van der Waals surface area (Å²) in [5.74, 6) is 1.97. The number of hydrogen-bond donors (Lipinski definition) is 2. The van der Waals surface area contributed by atoms with Gasteiger partial charge in [-0.2, -0.15) is 5.10 Å². The van der Waals surface area contributed by atoms with Crippen molar-refractivity contribution in [3.8, 4) is 0 Å². The Morgan fingerprint density at radius 3 is 1.07 bits per heavy atom. The number of aromatic amines is 2. The van der Waals surface area contributed by atoms with Gasteiger partial charge in [0.05, 0.1) is 5.69 Å². The molecule has 0 unspecified atom stereocenters. The molecule has 0 aliphatic carbocycles. The number of H-pyrrole nitrogens is 2. The summed E-state index contributed by atoms with van der Waals surface area (Å²) in [6.45, 7) is 21.8. The Balaban J connectivity index is -0.0000000612. The van der Waals surface area contributed by atoms with E-state index in [2.05, 4.69) is 25.0 Å². The molecule has 0 aliphatic rings. The summed E-state index contributed by atoms with van der Waals surface area (Å²) in [7, 11) is 1.91. The maximum atomic E-state index is 4.03. The molecule has 2 N–H and O–H groups in total. The van der Waals surface area contributed by atoms with Crippen molar-refractivity contribution in [1.82, 2.24) is 29.7 Å². The molecule has 3 heterocycles. The molecule has 0 bridgehead atoms. The summed E-state index contributed by atoms with van der Waals surface area (Å²) >= 11 is 0. The Morgan fingerprint density at radius 2 is 1.00 bits per heavy atom. The molecule has 0 atom stereocenters. The van der Waals surface area contributed by atoms with E-state index in [0.717, 1.165) is 28.7 Å². The average molecular weight is 427 g/mol. The minimum atomic E-state index is 0. The van der Waals surface area contributed by atoms with Gasteiger partial charge < -0.3 is 9.97 Å². The largest absolute Gasteiger partial charge is 0.346 e. The molecule has 0 aromatic carbocycles. The van der Waals surface area contributed by atoms with E-state index >= 15 is 0 Å². The van der Waals surface area contributed by atoms with Gasteiger partial charge in [0.15, 0.2) is 0 Å². The molecular formula is C24H54N6. The second-order valence-corrected chi connectivity index (χ2v) is 4.93. The van der Waals surface area contributed by atoms with Crippen LogP contribution in [0.2, 0.25) is 0 Å². The average Bonchev–Trinajstić information content (AvgIpc) is 3.36. The third-order valence-corrected chi connectivity index (χ3v) is 2.51. The lowest BCUT2D eigenvalue weighted by atomic mass is 10.5. The van der Waals surface area contributed by atoms with Crippen molar-refractivity contribution in [3.63, 3.8) is 0 Å². The summed E-state index contributed by atoms with van der Waals surface area (Å²) in [6.07, 6.45) is 5.56. The predicted molar refractivity (Wildman–Crippen MR) is 138 cm³/mol. The lowest BCUT2D eigenvalue weighted by Gasteiger charge is -1.79. The van der Waals surface area contributed by atoms with E-state index < -0.39 is 0 Å². The molecule has 180 valence electrons. The van der Waals surface area contributed by atoms with Crippen molar-refractivity contribution in [2.75, 3.05) is 0 Å². The summed E-state index contributed by atoms with van der Waals surface area (Å²) in [4.78, 5) is 14.0. The van der Waals surface area contributed by atoms with Crippen molar-refractivity contribution in [2.24, 2.45) is 7.05 Å². The summed E-state index contributed by atoms with van der Waals surface area (Å²) in [6, 6.07) is 1.97. The third kappa shape index (κ3) is 25.6. The second-order valence-electron chi connectivity index (χ2n) is 4.93. The van der Waals surface area contributed by atoms with Gasteiger partial charge in [-0.25, -0.2) is 9.97 Å². The summed E-state index contributed by atoms with van der Waals surface area (Å²) in [5.41, 5.74) is 3.32. The van der Waals surface area contributed by atoms with Gasteiger partial charge in [-0.05, 0) is 40.7 Å². The van der Waals surface area contributed by atoms with Gasteiger partial charge in [0.1, 0.15) is 11.6 Å². The molecule has 6 heteroatoms. The van der Waals surface area contributed by atoms with Crippen molar-refractivity contribution < 1.29 is 0 Å². The third-order valence-electron chi connectivity index (χ3n) is 2.51. The molecule has 0 spiro atoms. The zero-order valence-electron chi connectivity index (χ0n) is 19.6. The first-order chi connectivity index (χ1) is 12.9. The van der Waals surface area contributed by atoms with Crippen LogP contribution < -0.4 is 0 Å². The Morgan fingerprint density at radius 1 is 0.667 bits per heavy atom. The molecule has 0 fully saturated rings. The van der Waals surface area contributed by atoms with Gasteiger partial charge in [-0.15, -0.1) is 0 Å². The minimum absolute atomic E-state index is 0. The SMILES string of the molecule is C.C.C.CC.CC.CC.Cc1ccn(C)n1.Cc1cnc(C)[nH]1.Cc1cnc(C)[nH]1. The van der Waals surface area contributed by atoms with Crippen LogP contribution in [-0.2, 0) is 7.05 Å². The molecule has 0 amide bonds. The fraction of sp³-hybridized carbons (Fsp3) is 0.625. The van der Waals surface area contributed by atoms with Crippen LogP contribution in [0.15, 0.2) is 24.7 Å². The first kappa shape index (κ1) is 41.9. The highest BCUT2D eigenvalue weighted by molar-refractivity contribution is 4.96. The molecule has 0 aliphatic heterocycles. The second kappa shape index (κ2) is 28.8. The number of imidazole rings is 2. The van der Waals surface area contributed by atoms with Crippen LogP contribution in [0.25, 0.3) is 0 Å². The zero-order valence-corrected chi connectivity index (χ0v) is 19.6. The maximum absolute atomic E-state index is 4.03. The van der Waals surface area contributed by atoms with Gasteiger partial charge in [0.2, 0.25) is 0 Å². The number of aryl methyl sites for hydroxylation is 6. The molecule has 0 saturated carbocycles. The Hall–Kier alpha value is -2.37. The molecule has 30 heavy (non-hydrogen) atoms. The van der Waals surface area contributed by atoms with E-state index in [4.69, 9.17) is 0 Å². The predicted octanol–water partition coefficient (Wildman–Crippen LogP) is 7.77. The first-order valence-corrected chi connectivity index (χ1v) is 9.79. The summed E-state index contributed by atoms with van der Waals surface area (Å²) < 4.78 is 1.79. The van der Waals surface area contributed by atoms with Crippen molar-refractivity contribution in [2.45, 2.75) is 98.4 Å². The van der Waals surface area contributed by atoms with Gasteiger partial charge in [-0.3, -0.25) is 4.68 Å². The van der Waals surface area contributed by atoms with Crippen LogP contribution in [0, 0.1) is 34.6 Å². The van der Waals surface area contributed by atoms with Crippen molar-refractivity contribution in [3.05, 3.63) is 53.4 Å². The van der Waals surface area contributed by atoms with Gasteiger partial charge in [0.25, 0.3) is 0 Å². The number of aromatic nitrogens is 6. The topological polar surface area (TPSA) is 75.2 Å². The number of nitrogens with zero attached hydrogens (tertiary/aromatic N) is 4. The molecule has 6 nitrogen and oxygen atoms in total. The van der Waals surface area contributed by atoms with Crippen LogP contribution in [0.1, 0.15) is 92.6 Å². The number of hydrogen-bond acceptors (Lipinski definition) is 3. The van der Waals surface area contributed by atoms with E-state index in [1.165, 1.54) is 0 Å². The molecule has 3 rings (SSSR count). The first-order valence-electron chi connectivity index (χ1n) is 9.79. The molecule has 0 radical (unpaired) electrons. The minimum Gasteiger partial charge on any atom is -0.346 e. The van der Waals surface area contributed by atoms with Crippen LogP contribution in [-0.4, -0.2) is 29.7 Å². The number of nitrogens with one attached hydrogen (secondary N) is 2. The van der Waals surface area contributed by atoms with Crippen LogP contribution in [0.4, 0.5) is 0 Å². The fourth-order valence-electron chi connectivity index (χ4n) is 1.62. The zero-order chi connectivity index (χ0) is 21.8. The van der Waals surface area contributed by atoms with E-state index in [9.17, 15) is 0 Å². The van der Waals surface area contributed by atoms with Gasteiger partial charge in [-0.1, -0.05) is 63.8 Å². The standard InChI is InChI=1S/3C5H8N2.3C2H6.3CH4/c1-5-3-4-7(2)6-5;2*1-4-3-6-5(2)7-4;3*1-2;;;/h3-4H,1-2H3;2*3H,1-2H3,(H,6,7);3*1-2H3;3*1H4. The molecule has 3 aromatic heterocycles. The fourth-order valence-corrected chi connectivity index (χ4v) is 1.62. The normalized spacial score (nSPS) is 7.20. The summed E-state index contributed by atoms with van der Waals surface area (Å²) in [5, 5.41) is 4.03. The smallest absolute Gasteiger partial charge is 0.103 e. The highest BCUT2D eigenvalue weighted by Gasteiger charge is 1.84. The Kier molecular flexibility index (Phi) is 40.3. The highest BCUT2D eigenvalue weighted by atomic mass is 15.2. The van der Waals surface area contributed by atoms with Gasteiger partial charge in [0, 0.05) is 37.0 Å². The number of rotatable bonds is 0. The monoisotopic (exact) mass is 426 g/mol. The van der Waals surface area contributed by atoms with Crippen LogP contribution >= 0.6 is 0 Å². The van der Waals surface area contributed by atoms with Crippen molar-refractivity contribution in [1.29, 1.82) is 0 Å². The highest BCUT2D eigenvalue weighted by Crippen LogP contribution is 1.90. The van der Waals surface area contributed by atoms with E-state index in [1.807, 2.05) is 108 Å². The van der Waals surface area contributed by atoms with Crippen LogP contribution in [0.3, 0.4) is 0 Å². The lowest BCUT2D eigenvalue weighted by Crippen LogP contribution is -1.86. The lowest BCUT2D eigenvalue weighted by molar-refractivity contribution is 0.756. The van der Waals surface area contributed by atoms with E-state index in [-0.39, 0.29) is 22.3 Å². The van der Waals surface area contributed by atoms with Crippen molar-refractivity contribution >= 4 is 0 Å². The molecule has 3 aromatic rings. The molecule has 0 saturated heterocycles.